The number of esters is 2. The van der Waals surface area contributed by atoms with Crippen LogP contribution in [0, 0.1) is 5.92 Å². The van der Waals surface area contributed by atoms with Crippen molar-refractivity contribution in [2.24, 2.45) is 10.9 Å². The van der Waals surface area contributed by atoms with Crippen molar-refractivity contribution >= 4 is 39.8 Å². The molecular weight excluding hydrogens is 386 g/mol. The lowest BCUT2D eigenvalue weighted by molar-refractivity contribution is -0.149. The van der Waals surface area contributed by atoms with Crippen LogP contribution in [-0.2, 0) is 19.1 Å². The molecule has 0 saturated heterocycles. The van der Waals surface area contributed by atoms with Gasteiger partial charge in [-0.1, -0.05) is 30.3 Å². The normalized spacial score (nSPS) is 13.4. The number of hydrogen-bond acceptors (Lipinski definition) is 8. The molecule has 0 aromatic heterocycles. The lowest BCUT2D eigenvalue weighted by atomic mass is 9.94. The monoisotopic (exact) mass is 411 g/mol. The summed E-state index contributed by atoms with van der Waals surface area (Å²) in [6, 6.07) is 8.73. The predicted molar refractivity (Wildman–Crippen MR) is 111 cm³/mol. The van der Waals surface area contributed by atoms with E-state index in [0.717, 1.165) is 0 Å². The SMILES string of the molecule is CCOC(=O)/C(=C/[C@@H](C(=O)OCC)[C@@H](O)c1ccccc1)N=C(SC)SC. The van der Waals surface area contributed by atoms with E-state index in [4.69, 9.17) is 9.47 Å². The highest BCUT2D eigenvalue weighted by Crippen LogP contribution is 2.27. The number of carbonyl (C=O) groups is 2. The number of aliphatic hydroxyl groups excluding tert-OH is 1. The third-order valence-corrected chi connectivity index (χ3v) is 5.30. The lowest BCUT2D eigenvalue weighted by Crippen LogP contribution is -2.24. The first kappa shape index (κ1) is 23.3. The molecule has 1 aromatic rings. The van der Waals surface area contributed by atoms with Crippen LogP contribution in [-0.4, -0.2) is 47.1 Å². The first-order valence-electron chi connectivity index (χ1n) is 8.43. The topological polar surface area (TPSA) is 85.2 Å². The van der Waals surface area contributed by atoms with Crippen LogP contribution in [0.25, 0.3) is 0 Å². The maximum absolute atomic E-state index is 12.5. The molecule has 8 heteroatoms. The summed E-state index contributed by atoms with van der Waals surface area (Å²) in [4.78, 5) is 29.1. The molecule has 0 radical (unpaired) electrons. The summed E-state index contributed by atoms with van der Waals surface area (Å²) in [5, 5.41) is 10.7. The van der Waals surface area contributed by atoms with Crippen molar-refractivity contribution in [1.82, 2.24) is 0 Å². The molecule has 0 saturated carbocycles. The number of hydrogen-bond donors (Lipinski definition) is 1. The third-order valence-electron chi connectivity index (χ3n) is 3.42. The van der Waals surface area contributed by atoms with Crippen molar-refractivity contribution < 1.29 is 24.2 Å². The molecule has 1 aromatic carbocycles. The average Bonchev–Trinajstić information content (AvgIpc) is 2.68. The van der Waals surface area contributed by atoms with Crippen molar-refractivity contribution in [3.8, 4) is 0 Å². The van der Waals surface area contributed by atoms with Crippen molar-refractivity contribution in [2.75, 3.05) is 25.7 Å². The van der Waals surface area contributed by atoms with E-state index in [1.807, 2.05) is 18.6 Å². The fourth-order valence-electron chi connectivity index (χ4n) is 2.18. The van der Waals surface area contributed by atoms with Crippen LogP contribution in [0.15, 0.2) is 47.1 Å². The standard InChI is InChI=1S/C19H25NO5S2/c1-5-24-17(22)14(16(21)13-10-8-7-9-11-13)12-15(18(23)25-6-2)20-19(26-3)27-4/h7-12,14,16,21H,5-6H2,1-4H3/b15-12-/t14-,16+/m1/s1. The Kier molecular flexibility index (Phi) is 10.8. The molecule has 2 atom stereocenters. The van der Waals surface area contributed by atoms with Crippen molar-refractivity contribution in [3.63, 3.8) is 0 Å². The number of thioether (sulfide) groups is 2. The van der Waals surface area contributed by atoms with E-state index >= 15 is 0 Å². The zero-order valence-corrected chi connectivity index (χ0v) is 17.5. The Morgan fingerprint density at radius 1 is 1.11 bits per heavy atom. The van der Waals surface area contributed by atoms with Gasteiger partial charge < -0.3 is 14.6 Å². The predicted octanol–water partition coefficient (Wildman–Crippen LogP) is 3.43. The molecule has 0 heterocycles. The molecule has 0 bridgehead atoms. The number of rotatable bonds is 8. The Morgan fingerprint density at radius 3 is 2.22 bits per heavy atom. The summed E-state index contributed by atoms with van der Waals surface area (Å²) >= 11 is 2.74. The van der Waals surface area contributed by atoms with Gasteiger partial charge in [0, 0.05) is 0 Å². The first-order chi connectivity index (χ1) is 13.0. The van der Waals surface area contributed by atoms with Crippen LogP contribution in [0.5, 0.6) is 0 Å². The third kappa shape index (κ3) is 7.40. The summed E-state index contributed by atoms with van der Waals surface area (Å²) in [6.45, 7) is 3.69. The van der Waals surface area contributed by atoms with E-state index in [-0.39, 0.29) is 18.9 Å². The maximum Gasteiger partial charge on any atom is 0.356 e. The largest absolute Gasteiger partial charge is 0.465 e. The summed E-state index contributed by atoms with van der Waals surface area (Å²) < 4.78 is 10.8. The molecule has 1 rings (SSSR count). The first-order valence-corrected chi connectivity index (χ1v) is 10.9. The molecule has 0 unspecified atom stereocenters. The molecule has 0 aliphatic heterocycles. The fraction of sp³-hybridized carbons (Fsp3) is 0.421. The van der Waals surface area contributed by atoms with Gasteiger partial charge in [0.1, 0.15) is 16.0 Å². The second kappa shape index (κ2) is 12.6. The van der Waals surface area contributed by atoms with Gasteiger partial charge in [-0.05, 0) is 38.0 Å². The van der Waals surface area contributed by atoms with Gasteiger partial charge in [-0.3, -0.25) is 4.79 Å². The van der Waals surface area contributed by atoms with Gasteiger partial charge in [0.05, 0.1) is 19.3 Å². The second-order valence-corrected chi connectivity index (χ2v) is 7.04. The molecule has 0 aliphatic rings. The fourth-order valence-corrected chi connectivity index (χ4v) is 3.23. The number of nitrogens with zero attached hydrogens (tertiary/aromatic N) is 1. The van der Waals surface area contributed by atoms with E-state index in [2.05, 4.69) is 4.99 Å². The minimum atomic E-state index is -1.18. The Labute approximate surface area is 168 Å². The minimum Gasteiger partial charge on any atom is -0.465 e. The quantitative estimate of drug-likeness (QED) is 0.304. The van der Waals surface area contributed by atoms with Gasteiger partial charge >= 0.3 is 11.9 Å². The van der Waals surface area contributed by atoms with E-state index in [1.54, 1.807) is 38.1 Å². The minimum absolute atomic E-state index is 0.0383. The van der Waals surface area contributed by atoms with Crippen LogP contribution in [0.2, 0.25) is 0 Å². The molecule has 27 heavy (non-hydrogen) atoms. The van der Waals surface area contributed by atoms with E-state index < -0.39 is 24.0 Å². The smallest absolute Gasteiger partial charge is 0.356 e. The highest BCUT2D eigenvalue weighted by molar-refractivity contribution is 8.38. The number of carbonyl (C=O) groups excluding carboxylic acids is 2. The highest BCUT2D eigenvalue weighted by atomic mass is 32.2. The van der Waals surface area contributed by atoms with Crippen LogP contribution >= 0.6 is 23.5 Å². The van der Waals surface area contributed by atoms with Gasteiger partial charge in [0.25, 0.3) is 0 Å². The lowest BCUT2D eigenvalue weighted by Gasteiger charge is -2.19. The van der Waals surface area contributed by atoms with Crippen LogP contribution < -0.4 is 0 Å². The molecule has 0 amide bonds. The van der Waals surface area contributed by atoms with E-state index in [1.165, 1.54) is 29.6 Å². The van der Waals surface area contributed by atoms with Gasteiger partial charge in [-0.15, -0.1) is 23.5 Å². The van der Waals surface area contributed by atoms with E-state index in [9.17, 15) is 14.7 Å². The Balaban J connectivity index is 3.38. The summed E-state index contributed by atoms with van der Waals surface area (Å²) in [5.74, 6) is -2.39. The number of benzene rings is 1. The number of aliphatic imine (C=N–C) groups is 1. The zero-order valence-electron chi connectivity index (χ0n) is 15.9. The molecule has 0 aliphatic carbocycles. The molecular formula is C19H25NO5S2. The van der Waals surface area contributed by atoms with E-state index in [0.29, 0.717) is 9.94 Å². The molecule has 148 valence electrons. The van der Waals surface area contributed by atoms with Gasteiger partial charge in [-0.25, -0.2) is 9.79 Å². The summed E-state index contributed by atoms with van der Waals surface area (Å²) in [5.41, 5.74) is 0.498. The molecule has 1 N–H and O–H groups in total. The average molecular weight is 412 g/mol. The molecule has 0 fully saturated rings. The summed E-state index contributed by atoms with van der Waals surface area (Å²) in [7, 11) is 0. The molecule has 0 spiro atoms. The Morgan fingerprint density at radius 2 is 1.70 bits per heavy atom. The highest BCUT2D eigenvalue weighted by Gasteiger charge is 2.29. The van der Waals surface area contributed by atoms with Gasteiger partial charge in [0.15, 0.2) is 0 Å². The van der Waals surface area contributed by atoms with Crippen molar-refractivity contribution in [3.05, 3.63) is 47.7 Å². The van der Waals surface area contributed by atoms with Crippen molar-refractivity contribution in [2.45, 2.75) is 20.0 Å². The van der Waals surface area contributed by atoms with Crippen LogP contribution in [0.4, 0.5) is 0 Å². The van der Waals surface area contributed by atoms with Gasteiger partial charge in [0.2, 0.25) is 0 Å². The van der Waals surface area contributed by atoms with Crippen LogP contribution in [0.1, 0.15) is 25.5 Å². The Hall–Kier alpha value is -1.77. The second-order valence-electron chi connectivity index (χ2n) is 5.19. The maximum atomic E-state index is 12.5. The number of aliphatic hydroxyl groups is 1. The summed E-state index contributed by atoms with van der Waals surface area (Å²) in [6.07, 6.45) is 3.80. The Bertz CT molecular complexity index is 670. The van der Waals surface area contributed by atoms with Gasteiger partial charge in [-0.2, -0.15) is 0 Å². The van der Waals surface area contributed by atoms with Crippen LogP contribution in [0.3, 0.4) is 0 Å². The molecule has 6 nitrogen and oxygen atoms in total. The number of ether oxygens (including phenoxy) is 2. The zero-order chi connectivity index (χ0) is 20.2. The van der Waals surface area contributed by atoms with Crippen molar-refractivity contribution in [1.29, 1.82) is 0 Å².